The Kier molecular flexibility index (Phi) is 18.1. The first-order valence-electron chi connectivity index (χ1n) is 8.06. The maximum Gasteiger partial charge on any atom is 0.221 e. The molecule has 0 bridgehead atoms. The van der Waals surface area contributed by atoms with Crippen LogP contribution in [0.2, 0.25) is 0 Å². The van der Waals surface area contributed by atoms with Crippen molar-refractivity contribution in [2.75, 3.05) is 44.2 Å². The average Bonchev–Trinajstić information content (AvgIpc) is 2.45. The Hall–Kier alpha value is 0.320. The molecule has 0 aromatic carbocycles. The number of thioether (sulfide) groups is 1. The molecule has 0 spiro atoms. The summed E-state index contributed by atoms with van der Waals surface area (Å²) in [7, 11) is 0. The van der Waals surface area contributed by atoms with Crippen molar-refractivity contribution < 1.29 is 4.79 Å². The second-order valence-corrected chi connectivity index (χ2v) is 6.63. The van der Waals surface area contributed by atoms with Gasteiger partial charge in [0, 0.05) is 37.1 Å². The van der Waals surface area contributed by atoms with Crippen LogP contribution in [0.3, 0.4) is 0 Å². The molecule has 1 atom stereocenters. The van der Waals surface area contributed by atoms with Gasteiger partial charge < -0.3 is 15.5 Å². The highest BCUT2D eigenvalue weighted by atomic mass is 35.5. The lowest BCUT2D eigenvalue weighted by atomic mass is 10.2. The third kappa shape index (κ3) is 11.8. The zero-order chi connectivity index (χ0) is 14.6. The predicted octanol–water partition coefficient (Wildman–Crippen LogP) is 2.55. The summed E-state index contributed by atoms with van der Waals surface area (Å²) in [5.74, 6) is 2.43. The molecule has 1 aliphatic heterocycles. The quantitative estimate of drug-likeness (QED) is 0.577. The number of rotatable bonds is 10. The van der Waals surface area contributed by atoms with Crippen LogP contribution in [-0.4, -0.2) is 61.1 Å². The Morgan fingerprint density at radius 3 is 2.45 bits per heavy atom. The Labute approximate surface area is 152 Å². The lowest BCUT2D eigenvalue weighted by Gasteiger charge is -2.23. The van der Waals surface area contributed by atoms with Crippen LogP contribution in [0.5, 0.6) is 0 Å². The minimum absolute atomic E-state index is 0. The molecule has 0 saturated carbocycles. The fourth-order valence-corrected chi connectivity index (χ4v) is 3.49. The lowest BCUT2D eigenvalue weighted by molar-refractivity contribution is -0.121. The van der Waals surface area contributed by atoms with Crippen LogP contribution in [0, 0.1) is 0 Å². The number of hydrogen-bond acceptors (Lipinski definition) is 4. The molecule has 0 aromatic heterocycles. The van der Waals surface area contributed by atoms with E-state index < -0.39 is 0 Å². The van der Waals surface area contributed by atoms with Gasteiger partial charge in [-0.3, -0.25) is 4.79 Å². The van der Waals surface area contributed by atoms with E-state index in [4.69, 9.17) is 0 Å². The maximum atomic E-state index is 11.8. The first-order chi connectivity index (χ1) is 9.76. The summed E-state index contributed by atoms with van der Waals surface area (Å²) in [5.41, 5.74) is 0. The van der Waals surface area contributed by atoms with Crippen molar-refractivity contribution in [3.05, 3.63) is 0 Å². The summed E-state index contributed by atoms with van der Waals surface area (Å²) in [6, 6.07) is 0.366. The van der Waals surface area contributed by atoms with Gasteiger partial charge in [0.25, 0.3) is 0 Å². The third-order valence-electron chi connectivity index (χ3n) is 3.48. The van der Waals surface area contributed by atoms with Gasteiger partial charge in [0.15, 0.2) is 0 Å². The van der Waals surface area contributed by atoms with E-state index in [2.05, 4.69) is 29.4 Å². The van der Waals surface area contributed by atoms with E-state index in [9.17, 15) is 4.79 Å². The summed E-state index contributed by atoms with van der Waals surface area (Å²) in [6.07, 6.45) is 4.09. The van der Waals surface area contributed by atoms with Gasteiger partial charge >= 0.3 is 0 Å². The van der Waals surface area contributed by atoms with Crippen molar-refractivity contribution >= 4 is 42.5 Å². The van der Waals surface area contributed by atoms with E-state index in [-0.39, 0.29) is 30.7 Å². The summed E-state index contributed by atoms with van der Waals surface area (Å²) in [6.45, 7) is 9.73. The molecular formula is C15H33Cl2N3OS. The van der Waals surface area contributed by atoms with E-state index >= 15 is 0 Å². The van der Waals surface area contributed by atoms with Gasteiger partial charge in [-0.05, 0) is 38.9 Å². The van der Waals surface area contributed by atoms with E-state index in [1.165, 1.54) is 31.7 Å². The topological polar surface area (TPSA) is 44.4 Å². The van der Waals surface area contributed by atoms with Gasteiger partial charge in [-0.1, -0.05) is 13.8 Å². The zero-order valence-corrected chi connectivity index (χ0v) is 16.4. The minimum atomic E-state index is 0. The fraction of sp³-hybridized carbons (Fsp3) is 0.933. The van der Waals surface area contributed by atoms with Crippen LogP contribution >= 0.6 is 36.6 Å². The van der Waals surface area contributed by atoms with Crippen LogP contribution < -0.4 is 10.6 Å². The summed E-state index contributed by atoms with van der Waals surface area (Å²) >= 11 is 1.94. The van der Waals surface area contributed by atoms with E-state index in [0.29, 0.717) is 12.5 Å². The smallest absolute Gasteiger partial charge is 0.221 e. The van der Waals surface area contributed by atoms with E-state index in [0.717, 1.165) is 31.8 Å². The second kappa shape index (κ2) is 16.2. The maximum absolute atomic E-state index is 11.8. The molecule has 134 valence electrons. The minimum Gasteiger partial charge on any atom is -0.356 e. The third-order valence-corrected chi connectivity index (χ3v) is 4.61. The number of halogens is 2. The van der Waals surface area contributed by atoms with Gasteiger partial charge in [-0.25, -0.2) is 0 Å². The highest BCUT2D eigenvalue weighted by Gasteiger charge is 2.16. The molecule has 4 nitrogen and oxygen atoms in total. The van der Waals surface area contributed by atoms with Crippen LogP contribution in [0.25, 0.3) is 0 Å². The molecule has 1 rings (SSSR count). The number of amides is 1. The van der Waals surface area contributed by atoms with Gasteiger partial charge in [0.05, 0.1) is 0 Å². The number of carbonyl (C=O) groups is 1. The molecule has 1 unspecified atom stereocenters. The van der Waals surface area contributed by atoms with Crippen molar-refractivity contribution in [2.45, 2.75) is 45.6 Å². The molecule has 22 heavy (non-hydrogen) atoms. The van der Waals surface area contributed by atoms with Gasteiger partial charge in [0.2, 0.25) is 5.91 Å². The summed E-state index contributed by atoms with van der Waals surface area (Å²) in [4.78, 5) is 14.3. The second-order valence-electron chi connectivity index (χ2n) is 5.48. The average molecular weight is 374 g/mol. The van der Waals surface area contributed by atoms with E-state index in [1.54, 1.807) is 0 Å². The number of nitrogens with one attached hydrogen (secondary N) is 2. The van der Waals surface area contributed by atoms with Crippen molar-refractivity contribution in [3.63, 3.8) is 0 Å². The van der Waals surface area contributed by atoms with Crippen LogP contribution in [0.15, 0.2) is 0 Å². The highest BCUT2D eigenvalue weighted by molar-refractivity contribution is 7.99. The molecule has 1 heterocycles. The largest absolute Gasteiger partial charge is 0.356 e. The van der Waals surface area contributed by atoms with Gasteiger partial charge in [-0.15, -0.1) is 24.8 Å². The molecule has 7 heteroatoms. The number of nitrogens with zero attached hydrogens (tertiary/aromatic N) is 1. The van der Waals surface area contributed by atoms with E-state index in [1.807, 2.05) is 11.8 Å². The first kappa shape index (κ1) is 24.6. The normalized spacial score (nSPS) is 17.5. The van der Waals surface area contributed by atoms with Crippen molar-refractivity contribution in [2.24, 2.45) is 0 Å². The molecule has 1 amide bonds. The molecular weight excluding hydrogens is 341 g/mol. The molecule has 0 aliphatic carbocycles. The monoisotopic (exact) mass is 373 g/mol. The Morgan fingerprint density at radius 1 is 1.23 bits per heavy atom. The van der Waals surface area contributed by atoms with Crippen molar-refractivity contribution in [3.8, 4) is 0 Å². The van der Waals surface area contributed by atoms with Crippen molar-refractivity contribution in [1.29, 1.82) is 0 Å². The van der Waals surface area contributed by atoms with Gasteiger partial charge in [-0.2, -0.15) is 11.8 Å². The summed E-state index contributed by atoms with van der Waals surface area (Å²) in [5, 5.41) is 6.46. The fourth-order valence-electron chi connectivity index (χ4n) is 2.55. The predicted molar refractivity (Wildman–Crippen MR) is 103 cm³/mol. The molecule has 2 N–H and O–H groups in total. The van der Waals surface area contributed by atoms with Crippen LogP contribution in [0.4, 0.5) is 0 Å². The molecule has 1 aliphatic rings. The lowest BCUT2D eigenvalue weighted by Crippen LogP contribution is -2.41. The molecule has 0 radical (unpaired) electrons. The first-order valence-corrected chi connectivity index (χ1v) is 9.21. The Balaban J connectivity index is 0. The Bertz CT molecular complexity index is 261. The molecule has 1 saturated heterocycles. The van der Waals surface area contributed by atoms with Gasteiger partial charge in [0.1, 0.15) is 0 Å². The SMILES string of the molecule is CCCN(CCC)CCCNC(=O)CC1CSCCN1.Cl.Cl. The number of carbonyl (C=O) groups excluding carboxylic acids is 1. The van der Waals surface area contributed by atoms with Crippen LogP contribution in [0.1, 0.15) is 39.5 Å². The zero-order valence-electron chi connectivity index (χ0n) is 13.9. The van der Waals surface area contributed by atoms with Crippen molar-refractivity contribution in [1.82, 2.24) is 15.5 Å². The number of hydrogen-bond donors (Lipinski definition) is 2. The summed E-state index contributed by atoms with van der Waals surface area (Å²) < 4.78 is 0. The highest BCUT2D eigenvalue weighted by Crippen LogP contribution is 2.09. The Morgan fingerprint density at radius 2 is 1.91 bits per heavy atom. The molecule has 0 aromatic rings. The standard InChI is InChI=1S/C15H31N3OS.2ClH/c1-3-8-18(9-4-2)10-5-6-17-15(19)12-14-13-20-11-7-16-14;;/h14,16H,3-13H2,1-2H3,(H,17,19);2*1H. The van der Waals surface area contributed by atoms with Crippen LogP contribution in [-0.2, 0) is 4.79 Å². The molecule has 1 fully saturated rings.